The Bertz CT molecular complexity index is 240. The van der Waals surface area contributed by atoms with Gasteiger partial charge < -0.3 is 5.11 Å². The molecule has 0 fully saturated rings. The van der Waals surface area contributed by atoms with E-state index in [0.717, 1.165) is 4.90 Å². The van der Waals surface area contributed by atoms with Crippen LogP contribution in [0.5, 0.6) is 0 Å². The maximum Gasteiger partial charge on any atom is 0.253 e. The molecule has 1 aliphatic rings. The number of imide groups is 1. The highest BCUT2D eigenvalue weighted by Gasteiger charge is 2.28. The molecule has 1 aliphatic heterocycles. The first-order valence-corrected chi connectivity index (χ1v) is 4.25. The summed E-state index contributed by atoms with van der Waals surface area (Å²) in [6.45, 7) is 3.38. The van der Waals surface area contributed by atoms with Gasteiger partial charge in [0.05, 0.1) is 6.10 Å². The van der Waals surface area contributed by atoms with Gasteiger partial charge in [0.15, 0.2) is 0 Å². The predicted octanol–water partition coefficient (Wildman–Crippen LogP) is 0.0708. The molecule has 72 valence electrons. The van der Waals surface area contributed by atoms with Gasteiger partial charge in [0, 0.05) is 18.2 Å². The Balaban J connectivity index is 2.61. The van der Waals surface area contributed by atoms with Crippen LogP contribution in [-0.2, 0) is 9.59 Å². The number of aliphatic hydroxyl groups excluding tert-OH is 1. The molecule has 0 aromatic rings. The van der Waals surface area contributed by atoms with Crippen molar-refractivity contribution in [2.24, 2.45) is 0 Å². The molecule has 0 spiro atoms. The Hall–Kier alpha value is -1.16. The SMILES string of the molecule is CC(O)CC(C)N1C(=O)C=CC1=O. The van der Waals surface area contributed by atoms with Crippen LogP contribution in [0.2, 0.25) is 0 Å². The summed E-state index contributed by atoms with van der Waals surface area (Å²) in [6.07, 6.45) is 2.41. The Labute approximate surface area is 76.8 Å². The number of carbonyl (C=O) groups is 2. The van der Waals surface area contributed by atoms with Crippen LogP contribution in [0.3, 0.4) is 0 Å². The summed E-state index contributed by atoms with van der Waals surface area (Å²) >= 11 is 0. The summed E-state index contributed by atoms with van der Waals surface area (Å²) in [5.41, 5.74) is 0. The minimum absolute atomic E-state index is 0.241. The fourth-order valence-electron chi connectivity index (χ4n) is 1.45. The van der Waals surface area contributed by atoms with E-state index in [4.69, 9.17) is 5.11 Å². The van der Waals surface area contributed by atoms with Gasteiger partial charge in [0.25, 0.3) is 11.8 Å². The van der Waals surface area contributed by atoms with Crippen LogP contribution in [0.15, 0.2) is 12.2 Å². The van der Waals surface area contributed by atoms with Crippen molar-refractivity contribution >= 4 is 11.8 Å². The monoisotopic (exact) mass is 183 g/mol. The largest absolute Gasteiger partial charge is 0.393 e. The summed E-state index contributed by atoms with van der Waals surface area (Å²) < 4.78 is 0. The molecule has 0 radical (unpaired) electrons. The van der Waals surface area contributed by atoms with E-state index in [1.165, 1.54) is 12.2 Å². The van der Waals surface area contributed by atoms with E-state index in [2.05, 4.69) is 0 Å². The zero-order valence-corrected chi connectivity index (χ0v) is 7.73. The summed E-state index contributed by atoms with van der Waals surface area (Å²) in [7, 11) is 0. The molecule has 0 aliphatic carbocycles. The Morgan fingerprint density at radius 2 is 1.77 bits per heavy atom. The van der Waals surface area contributed by atoms with Crippen LogP contribution in [0, 0.1) is 0 Å². The summed E-state index contributed by atoms with van der Waals surface area (Å²) in [5, 5.41) is 9.09. The maximum absolute atomic E-state index is 11.1. The molecular weight excluding hydrogens is 170 g/mol. The molecule has 1 N–H and O–H groups in total. The van der Waals surface area contributed by atoms with Crippen molar-refractivity contribution in [3.8, 4) is 0 Å². The molecule has 0 saturated heterocycles. The number of carbonyl (C=O) groups excluding carboxylic acids is 2. The topological polar surface area (TPSA) is 57.6 Å². The van der Waals surface area contributed by atoms with E-state index in [1.54, 1.807) is 13.8 Å². The molecular formula is C9H13NO3. The van der Waals surface area contributed by atoms with Crippen molar-refractivity contribution in [1.82, 2.24) is 4.90 Å². The standard InChI is InChI=1S/C9H13NO3/c1-6(5-7(2)11)10-8(12)3-4-9(10)13/h3-4,6-7,11H,5H2,1-2H3. The third-order valence-electron chi connectivity index (χ3n) is 1.97. The molecule has 2 unspecified atom stereocenters. The van der Waals surface area contributed by atoms with Gasteiger partial charge in [-0.3, -0.25) is 14.5 Å². The van der Waals surface area contributed by atoms with E-state index in [0.29, 0.717) is 6.42 Å². The molecule has 4 nitrogen and oxygen atoms in total. The molecule has 2 amide bonds. The lowest BCUT2D eigenvalue weighted by Crippen LogP contribution is -2.39. The van der Waals surface area contributed by atoms with Gasteiger partial charge in [-0.15, -0.1) is 0 Å². The lowest BCUT2D eigenvalue weighted by molar-refractivity contribution is -0.139. The highest BCUT2D eigenvalue weighted by Crippen LogP contribution is 2.12. The zero-order chi connectivity index (χ0) is 10.0. The van der Waals surface area contributed by atoms with E-state index in [-0.39, 0.29) is 17.9 Å². The number of nitrogens with zero attached hydrogens (tertiary/aromatic N) is 1. The molecule has 13 heavy (non-hydrogen) atoms. The molecule has 0 saturated carbocycles. The normalized spacial score (nSPS) is 21.0. The molecule has 0 aromatic carbocycles. The molecule has 4 heteroatoms. The maximum atomic E-state index is 11.1. The fourth-order valence-corrected chi connectivity index (χ4v) is 1.45. The summed E-state index contributed by atoms with van der Waals surface area (Å²) in [6, 6.07) is -0.241. The third kappa shape index (κ3) is 2.15. The first-order chi connectivity index (χ1) is 6.02. The first-order valence-electron chi connectivity index (χ1n) is 4.25. The van der Waals surface area contributed by atoms with Crippen LogP contribution in [0.4, 0.5) is 0 Å². The van der Waals surface area contributed by atoms with E-state index >= 15 is 0 Å². The van der Waals surface area contributed by atoms with Gasteiger partial charge in [-0.1, -0.05) is 0 Å². The minimum Gasteiger partial charge on any atom is -0.393 e. The van der Waals surface area contributed by atoms with E-state index in [9.17, 15) is 9.59 Å². The number of hydrogen-bond donors (Lipinski definition) is 1. The highest BCUT2D eigenvalue weighted by molar-refractivity contribution is 6.13. The number of amides is 2. The van der Waals surface area contributed by atoms with Crippen molar-refractivity contribution in [3.05, 3.63) is 12.2 Å². The number of aliphatic hydroxyl groups is 1. The van der Waals surface area contributed by atoms with Gasteiger partial charge in [-0.25, -0.2) is 0 Å². The lowest BCUT2D eigenvalue weighted by Gasteiger charge is -2.23. The smallest absolute Gasteiger partial charge is 0.253 e. The predicted molar refractivity (Wildman–Crippen MR) is 46.8 cm³/mol. The van der Waals surface area contributed by atoms with Crippen LogP contribution in [-0.4, -0.2) is 34.0 Å². The van der Waals surface area contributed by atoms with Crippen molar-refractivity contribution in [2.45, 2.75) is 32.4 Å². The molecule has 1 rings (SSSR count). The summed E-state index contributed by atoms with van der Waals surface area (Å²) in [4.78, 5) is 23.4. The fraction of sp³-hybridized carbons (Fsp3) is 0.556. The van der Waals surface area contributed by atoms with Gasteiger partial charge in [0.1, 0.15) is 0 Å². The van der Waals surface area contributed by atoms with Crippen molar-refractivity contribution < 1.29 is 14.7 Å². The van der Waals surface area contributed by atoms with E-state index in [1.807, 2.05) is 0 Å². The average molecular weight is 183 g/mol. The Morgan fingerprint density at radius 1 is 1.31 bits per heavy atom. The molecule has 0 bridgehead atoms. The molecule has 1 heterocycles. The zero-order valence-electron chi connectivity index (χ0n) is 7.73. The van der Waals surface area contributed by atoms with Gasteiger partial charge in [-0.2, -0.15) is 0 Å². The molecule has 2 atom stereocenters. The van der Waals surface area contributed by atoms with Crippen LogP contribution < -0.4 is 0 Å². The quantitative estimate of drug-likeness (QED) is 0.630. The number of hydrogen-bond acceptors (Lipinski definition) is 3. The van der Waals surface area contributed by atoms with Gasteiger partial charge in [-0.05, 0) is 20.3 Å². The second kappa shape index (κ2) is 3.70. The Morgan fingerprint density at radius 3 is 2.15 bits per heavy atom. The van der Waals surface area contributed by atoms with Crippen LogP contribution >= 0.6 is 0 Å². The van der Waals surface area contributed by atoms with Crippen LogP contribution in [0.25, 0.3) is 0 Å². The van der Waals surface area contributed by atoms with Crippen molar-refractivity contribution in [2.75, 3.05) is 0 Å². The minimum atomic E-state index is -0.504. The number of rotatable bonds is 3. The second-order valence-corrected chi connectivity index (χ2v) is 3.31. The Kier molecular flexibility index (Phi) is 2.83. The van der Waals surface area contributed by atoms with Gasteiger partial charge in [0.2, 0.25) is 0 Å². The molecule has 0 aromatic heterocycles. The average Bonchev–Trinajstić information content (AvgIpc) is 2.29. The van der Waals surface area contributed by atoms with Crippen LogP contribution in [0.1, 0.15) is 20.3 Å². The second-order valence-electron chi connectivity index (χ2n) is 3.31. The van der Waals surface area contributed by atoms with Crippen molar-refractivity contribution in [1.29, 1.82) is 0 Å². The van der Waals surface area contributed by atoms with Crippen molar-refractivity contribution in [3.63, 3.8) is 0 Å². The highest BCUT2D eigenvalue weighted by atomic mass is 16.3. The summed E-state index contributed by atoms with van der Waals surface area (Å²) in [5.74, 6) is -0.587. The van der Waals surface area contributed by atoms with Gasteiger partial charge >= 0.3 is 0 Å². The van der Waals surface area contributed by atoms with E-state index < -0.39 is 6.10 Å². The third-order valence-corrected chi connectivity index (χ3v) is 1.97. The first kappa shape index (κ1) is 9.92. The lowest BCUT2D eigenvalue weighted by atomic mass is 10.1.